The molecular formula is C24H22N2O4S. The van der Waals surface area contributed by atoms with Crippen LogP contribution in [0.25, 0.3) is 21.0 Å². The molecule has 6 nitrogen and oxygen atoms in total. The van der Waals surface area contributed by atoms with Crippen LogP contribution in [-0.4, -0.2) is 36.6 Å². The molecule has 158 valence electrons. The van der Waals surface area contributed by atoms with Crippen LogP contribution in [0.15, 0.2) is 59.0 Å². The molecule has 0 bridgehead atoms. The molecule has 1 aliphatic heterocycles. The Labute approximate surface area is 184 Å². The number of nitrogens with zero attached hydrogens (tertiary/aromatic N) is 2. The van der Waals surface area contributed by atoms with E-state index < -0.39 is 0 Å². The van der Waals surface area contributed by atoms with Crippen molar-refractivity contribution in [1.82, 2.24) is 9.88 Å². The molecule has 0 spiro atoms. The summed E-state index contributed by atoms with van der Waals surface area (Å²) in [6.45, 7) is 0.676. The second kappa shape index (κ2) is 8.07. The van der Waals surface area contributed by atoms with E-state index >= 15 is 0 Å². The largest absolute Gasteiger partial charge is 0.497 e. The zero-order chi connectivity index (χ0) is 21.4. The van der Waals surface area contributed by atoms with Gasteiger partial charge < -0.3 is 18.8 Å². The van der Waals surface area contributed by atoms with Gasteiger partial charge in [-0.15, -0.1) is 11.3 Å². The Balaban J connectivity index is 1.42. The summed E-state index contributed by atoms with van der Waals surface area (Å²) in [6, 6.07) is 17.2. The molecule has 5 rings (SSSR count). The first-order valence-corrected chi connectivity index (χ1v) is 11.0. The molecule has 2 aromatic heterocycles. The van der Waals surface area contributed by atoms with Crippen molar-refractivity contribution in [3.8, 4) is 22.3 Å². The minimum Gasteiger partial charge on any atom is -0.497 e. The molecule has 7 heteroatoms. The van der Waals surface area contributed by atoms with Gasteiger partial charge in [0.15, 0.2) is 16.5 Å². The molecule has 1 atom stereocenters. The Morgan fingerprint density at radius 1 is 1.13 bits per heavy atom. The Morgan fingerprint density at radius 3 is 2.81 bits per heavy atom. The van der Waals surface area contributed by atoms with Crippen molar-refractivity contribution in [2.75, 3.05) is 20.8 Å². The number of hydrogen-bond donors (Lipinski definition) is 0. The maximum absolute atomic E-state index is 13.3. The van der Waals surface area contributed by atoms with E-state index in [1.54, 1.807) is 31.6 Å². The summed E-state index contributed by atoms with van der Waals surface area (Å²) in [4.78, 5) is 19.8. The normalized spacial score (nSPS) is 16.1. The minimum absolute atomic E-state index is 0.0654. The lowest BCUT2D eigenvalue weighted by atomic mass is 10.0. The van der Waals surface area contributed by atoms with Gasteiger partial charge in [-0.3, -0.25) is 4.79 Å². The first kappa shape index (κ1) is 19.6. The number of para-hydroxylation sites is 1. The summed E-state index contributed by atoms with van der Waals surface area (Å²) in [6.07, 6.45) is 1.80. The summed E-state index contributed by atoms with van der Waals surface area (Å²) >= 11 is 1.56. The number of carbonyl (C=O) groups is 1. The third-order valence-corrected chi connectivity index (χ3v) is 6.69. The highest BCUT2D eigenvalue weighted by atomic mass is 32.1. The molecule has 1 fully saturated rings. The summed E-state index contributed by atoms with van der Waals surface area (Å²) in [5.41, 5.74) is 1.91. The number of amides is 1. The Bertz CT molecular complexity index is 1210. The first-order valence-electron chi connectivity index (χ1n) is 10.2. The van der Waals surface area contributed by atoms with Crippen LogP contribution in [0.5, 0.6) is 11.5 Å². The fourth-order valence-corrected chi connectivity index (χ4v) is 5.04. The third-order valence-electron chi connectivity index (χ3n) is 5.63. The minimum atomic E-state index is -0.118. The molecule has 31 heavy (non-hydrogen) atoms. The maximum atomic E-state index is 13.3. The van der Waals surface area contributed by atoms with Gasteiger partial charge in [0.25, 0.3) is 5.91 Å². The van der Waals surface area contributed by atoms with Gasteiger partial charge in [0, 0.05) is 18.2 Å². The Hall–Kier alpha value is -3.32. The van der Waals surface area contributed by atoms with Crippen LogP contribution in [0.2, 0.25) is 0 Å². The topological polar surface area (TPSA) is 64.8 Å². The Kier molecular flexibility index (Phi) is 5.11. The van der Waals surface area contributed by atoms with Gasteiger partial charge in [0.05, 0.1) is 30.5 Å². The number of furan rings is 1. The van der Waals surface area contributed by atoms with Crippen LogP contribution in [0.3, 0.4) is 0 Å². The molecule has 0 aliphatic carbocycles. The summed E-state index contributed by atoms with van der Waals surface area (Å²) in [7, 11) is 3.26. The average molecular weight is 435 g/mol. The standard InChI is InChI=1S/C24H22N2O4S/c1-28-15-9-10-16(21(14-15)29-2)18-7-5-13-26(18)24(27)20-12-11-19(30-20)23-25-17-6-3-4-8-22(17)31-23/h3-4,6,8-12,14,18H,5,7,13H2,1-2H3/t18-/m0/s1. The lowest BCUT2D eigenvalue weighted by Gasteiger charge is -2.25. The molecule has 0 saturated carbocycles. The predicted octanol–water partition coefficient (Wildman–Crippen LogP) is 5.55. The van der Waals surface area contributed by atoms with E-state index in [9.17, 15) is 4.79 Å². The van der Waals surface area contributed by atoms with E-state index in [4.69, 9.17) is 13.9 Å². The fraction of sp³-hybridized carbons (Fsp3) is 0.250. The van der Waals surface area contributed by atoms with Gasteiger partial charge >= 0.3 is 0 Å². The van der Waals surface area contributed by atoms with Crippen molar-refractivity contribution < 1.29 is 18.7 Å². The molecule has 2 aromatic carbocycles. The lowest BCUT2D eigenvalue weighted by molar-refractivity contribution is 0.0702. The van der Waals surface area contributed by atoms with Gasteiger partial charge in [-0.2, -0.15) is 0 Å². The van der Waals surface area contributed by atoms with Crippen molar-refractivity contribution in [3.63, 3.8) is 0 Å². The molecule has 1 aliphatic rings. The second-order valence-electron chi connectivity index (χ2n) is 7.42. The highest BCUT2D eigenvalue weighted by Gasteiger charge is 2.34. The first-order chi connectivity index (χ1) is 15.2. The maximum Gasteiger partial charge on any atom is 0.290 e. The highest BCUT2D eigenvalue weighted by molar-refractivity contribution is 7.21. The SMILES string of the molecule is COc1ccc([C@@H]2CCCN2C(=O)c2ccc(-c3nc4ccccc4s3)o2)c(OC)c1. The van der Waals surface area contributed by atoms with Crippen molar-refractivity contribution in [1.29, 1.82) is 0 Å². The fourth-order valence-electron chi connectivity index (χ4n) is 4.11. The number of aromatic nitrogens is 1. The van der Waals surface area contributed by atoms with E-state index in [0.717, 1.165) is 45.1 Å². The van der Waals surface area contributed by atoms with Crippen LogP contribution in [-0.2, 0) is 0 Å². The zero-order valence-corrected chi connectivity index (χ0v) is 18.1. The molecule has 0 N–H and O–H groups in total. The van der Waals surface area contributed by atoms with Crippen molar-refractivity contribution >= 4 is 27.5 Å². The molecule has 4 aromatic rings. The van der Waals surface area contributed by atoms with Gasteiger partial charge in [-0.05, 0) is 49.2 Å². The molecule has 0 unspecified atom stereocenters. The zero-order valence-electron chi connectivity index (χ0n) is 17.3. The number of hydrogen-bond acceptors (Lipinski definition) is 6. The average Bonchev–Trinajstić information content (AvgIpc) is 3.56. The monoisotopic (exact) mass is 434 g/mol. The van der Waals surface area contributed by atoms with Crippen molar-refractivity contribution in [3.05, 3.63) is 65.9 Å². The smallest absolute Gasteiger partial charge is 0.290 e. The van der Waals surface area contributed by atoms with Crippen LogP contribution >= 0.6 is 11.3 Å². The molecular weight excluding hydrogens is 412 g/mol. The molecule has 0 radical (unpaired) electrons. The summed E-state index contributed by atoms with van der Waals surface area (Å²) in [5, 5.41) is 0.773. The van der Waals surface area contributed by atoms with Crippen LogP contribution in [0.1, 0.15) is 35.0 Å². The number of thiazole rings is 1. The van der Waals surface area contributed by atoms with Crippen molar-refractivity contribution in [2.24, 2.45) is 0 Å². The number of fused-ring (bicyclic) bond motifs is 1. The number of benzene rings is 2. The number of ether oxygens (including phenoxy) is 2. The van der Waals surface area contributed by atoms with Crippen LogP contribution < -0.4 is 9.47 Å². The molecule has 1 saturated heterocycles. The van der Waals surface area contributed by atoms with Gasteiger partial charge in [-0.1, -0.05) is 12.1 Å². The number of carbonyl (C=O) groups excluding carboxylic acids is 1. The molecule has 1 amide bonds. The van der Waals surface area contributed by atoms with E-state index in [1.165, 1.54) is 0 Å². The molecule has 3 heterocycles. The van der Waals surface area contributed by atoms with Crippen molar-refractivity contribution in [2.45, 2.75) is 18.9 Å². The lowest BCUT2D eigenvalue weighted by Crippen LogP contribution is -2.30. The number of rotatable bonds is 5. The Morgan fingerprint density at radius 2 is 2.00 bits per heavy atom. The number of methoxy groups -OCH3 is 2. The van der Waals surface area contributed by atoms with Gasteiger partial charge in [-0.25, -0.2) is 4.98 Å². The van der Waals surface area contributed by atoms with Gasteiger partial charge in [0.1, 0.15) is 11.5 Å². The number of likely N-dealkylation sites (tertiary alicyclic amines) is 1. The van der Waals surface area contributed by atoms with E-state index in [0.29, 0.717) is 18.1 Å². The van der Waals surface area contributed by atoms with Crippen LogP contribution in [0.4, 0.5) is 0 Å². The van der Waals surface area contributed by atoms with E-state index in [2.05, 4.69) is 4.98 Å². The quantitative estimate of drug-likeness (QED) is 0.412. The third kappa shape index (κ3) is 3.55. The van der Waals surface area contributed by atoms with E-state index in [-0.39, 0.29) is 11.9 Å². The second-order valence-corrected chi connectivity index (χ2v) is 8.45. The van der Waals surface area contributed by atoms with E-state index in [1.807, 2.05) is 53.4 Å². The summed E-state index contributed by atoms with van der Waals surface area (Å²) < 4.78 is 17.9. The predicted molar refractivity (Wildman–Crippen MR) is 120 cm³/mol. The van der Waals surface area contributed by atoms with Crippen LogP contribution in [0, 0.1) is 0 Å². The summed E-state index contributed by atoms with van der Waals surface area (Å²) in [5.74, 6) is 2.27. The van der Waals surface area contributed by atoms with Gasteiger partial charge in [0.2, 0.25) is 0 Å². The highest BCUT2D eigenvalue weighted by Crippen LogP contribution is 2.40.